The second-order valence-electron chi connectivity index (χ2n) is 4.84. The lowest BCUT2D eigenvalue weighted by Gasteiger charge is -2.22. The highest BCUT2D eigenvalue weighted by atomic mass is 31.1. The Morgan fingerprint density at radius 3 is 2.36 bits per heavy atom. The first-order valence-electron chi connectivity index (χ1n) is 6.41. The van der Waals surface area contributed by atoms with Gasteiger partial charge < -0.3 is 4.90 Å². The van der Waals surface area contributed by atoms with E-state index < -0.39 is 0 Å². The maximum atomic E-state index is 2.66. The summed E-state index contributed by atoms with van der Waals surface area (Å²) in [6.07, 6.45) is 12.0. The van der Waals surface area contributed by atoms with Crippen molar-refractivity contribution in [3.8, 4) is 0 Å². The Kier molecular flexibility index (Phi) is 4.73. The van der Waals surface area contributed by atoms with E-state index in [0.29, 0.717) is 0 Å². The molecule has 0 aromatic heterocycles. The molecule has 1 nitrogen and oxygen atoms in total. The molecular formula is C12H24NP. The monoisotopic (exact) mass is 213 g/mol. The summed E-state index contributed by atoms with van der Waals surface area (Å²) in [6, 6.07) is 0. The molecule has 0 radical (unpaired) electrons. The minimum atomic E-state index is 1.12. The number of likely N-dealkylation sites (tertiary alicyclic amines) is 1. The summed E-state index contributed by atoms with van der Waals surface area (Å²) in [5, 5.41) is 0. The molecule has 0 spiro atoms. The zero-order valence-electron chi connectivity index (χ0n) is 9.30. The molecule has 2 heteroatoms. The summed E-state index contributed by atoms with van der Waals surface area (Å²) >= 11 is 0. The fourth-order valence-corrected chi connectivity index (χ4v) is 4.41. The van der Waals surface area contributed by atoms with Crippen LogP contribution in [0.2, 0.25) is 0 Å². The number of hydrogen-bond acceptors (Lipinski definition) is 1. The molecule has 1 unspecified atom stereocenters. The summed E-state index contributed by atoms with van der Waals surface area (Å²) in [7, 11) is 1.27. The Labute approximate surface area is 90.4 Å². The Hall–Kier alpha value is 0.390. The topological polar surface area (TPSA) is 3.24 Å². The molecule has 0 aromatic rings. The third-order valence-electron chi connectivity index (χ3n) is 3.66. The third-order valence-corrected chi connectivity index (χ3v) is 5.33. The maximum absolute atomic E-state index is 2.66. The van der Waals surface area contributed by atoms with Crippen LogP contribution in [0.1, 0.15) is 44.9 Å². The van der Waals surface area contributed by atoms with Crippen molar-refractivity contribution in [2.75, 3.05) is 25.8 Å². The molecule has 0 bridgehead atoms. The Morgan fingerprint density at radius 1 is 0.929 bits per heavy atom. The summed E-state index contributed by atoms with van der Waals surface area (Å²) in [5.74, 6) is 0. The molecule has 1 aliphatic carbocycles. The van der Waals surface area contributed by atoms with E-state index in [2.05, 4.69) is 4.90 Å². The second kappa shape index (κ2) is 6.08. The SMILES string of the molecule is C1CCC(PCCN2CCCC2)CC1. The second-order valence-corrected chi connectivity index (χ2v) is 6.56. The zero-order valence-corrected chi connectivity index (χ0v) is 10.3. The van der Waals surface area contributed by atoms with Crippen LogP contribution in [-0.2, 0) is 0 Å². The quantitative estimate of drug-likeness (QED) is 0.649. The summed E-state index contributed by atoms with van der Waals surface area (Å²) in [4.78, 5) is 2.66. The third kappa shape index (κ3) is 3.51. The average Bonchev–Trinajstić information content (AvgIpc) is 2.72. The predicted octanol–water partition coefficient (Wildman–Crippen LogP) is 3.09. The van der Waals surface area contributed by atoms with E-state index in [1.807, 2.05) is 0 Å². The number of nitrogens with zero attached hydrogens (tertiary/aromatic N) is 1. The van der Waals surface area contributed by atoms with Gasteiger partial charge in [-0.15, -0.1) is 8.58 Å². The van der Waals surface area contributed by atoms with Crippen LogP contribution in [0, 0.1) is 0 Å². The van der Waals surface area contributed by atoms with Crippen LogP contribution < -0.4 is 0 Å². The van der Waals surface area contributed by atoms with Crippen molar-refractivity contribution in [1.29, 1.82) is 0 Å². The first-order chi connectivity index (χ1) is 6.95. The fourth-order valence-electron chi connectivity index (χ4n) is 2.74. The first kappa shape index (κ1) is 10.9. The molecule has 82 valence electrons. The standard InChI is InChI=1S/C12H24NP/c1-2-6-12(7-3-1)14-11-10-13-8-4-5-9-13/h12,14H,1-11H2. The van der Waals surface area contributed by atoms with Gasteiger partial charge in [-0.05, 0) is 50.6 Å². The van der Waals surface area contributed by atoms with Gasteiger partial charge in [-0.2, -0.15) is 0 Å². The van der Waals surface area contributed by atoms with Crippen LogP contribution in [0.5, 0.6) is 0 Å². The molecule has 0 aromatic carbocycles. The van der Waals surface area contributed by atoms with Crippen LogP contribution >= 0.6 is 8.58 Å². The van der Waals surface area contributed by atoms with Crippen LogP contribution in [-0.4, -0.2) is 36.4 Å². The van der Waals surface area contributed by atoms with Gasteiger partial charge in [0.2, 0.25) is 0 Å². The molecular weight excluding hydrogens is 189 g/mol. The zero-order chi connectivity index (χ0) is 9.64. The van der Waals surface area contributed by atoms with Gasteiger partial charge in [-0.25, -0.2) is 0 Å². The van der Waals surface area contributed by atoms with E-state index in [-0.39, 0.29) is 0 Å². The van der Waals surface area contributed by atoms with Crippen molar-refractivity contribution in [3.05, 3.63) is 0 Å². The highest BCUT2D eigenvalue weighted by molar-refractivity contribution is 7.38. The molecule has 1 aliphatic heterocycles. The van der Waals surface area contributed by atoms with Gasteiger partial charge in [0.1, 0.15) is 0 Å². The molecule has 2 aliphatic rings. The van der Waals surface area contributed by atoms with Crippen LogP contribution in [0.4, 0.5) is 0 Å². The van der Waals surface area contributed by atoms with Gasteiger partial charge in [0.05, 0.1) is 0 Å². The van der Waals surface area contributed by atoms with Gasteiger partial charge in [0.15, 0.2) is 0 Å². The van der Waals surface area contributed by atoms with Gasteiger partial charge in [0.25, 0.3) is 0 Å². The van der Waals surface area contributed by atoms with Gasteiger partial charge >= 0.3 is 0 Å². The highest BCUT2D eigenvalue weighted by Gasteiger charge is 2.14. The van der Waals surface area contributed by atoms with Crippen molar-refractivity contribution < 1.29 is 0 Å². The molecule has 1 saturated heterocycles. The Morgan fingerprint density at radius 2 is 1.64 bits per heavy atom. The van der Waals surface area contributed by atoms with Crippen molar-refractivity contribution in [3.63, 3.8) is 0 Å². The minimum absolute atomic E-state index is 1.12. The van der Waals surface area contributed by atoms with Crippen LogP contribution in [0.25, 0.3) is 0 Å². The maximum Gasteiger partial charge on any atom is 0.00184 e. The van der Waals surface area contributed by atoms with E-state index >= 15 is 0 Å². The molecule has 1 atom stereocenters. The summed E-state index contributed by atoms with van der Waals surface area (Å²) in [6.45, 7) is 4.17. The highest BCUT2D eigenvalue weighted by Crippen LogP contribution is 2.32. The molecule has 2 rings (SSSR count). The van der Waals surface area contributed by atoms with Crippen molar-refractivity contribution >= 4 is 8.58 Å². The number of rotatable bonds is 4. The Bertz CT molecular complexity index is 148. The van der Waals surface area contributed by atoms with Gasteiger partial charge in [-0.1, -0.05) is 19.3 Å². The lowest BCUT2D eigenvalue weighted by molar-refractivity contribution is 0.361. The van der Waals surface area contributed by atoms with E-state index in [4.69, 9.17) is 0 Å². The van der Waals surface area contributed by atoms with Gasteiger partial charge in [0, 0.05) is 6.54 Å². The van der Waals surface area contributed by atoms with Crippen LogP contribution in [0.3, 0.4) is 0 Å². The van der Waals surface area contributed by atoms with Crippen molar-refractivity contribution in [2.24, 2.45) is 0 Å². The normalized spacial score (nSPS) is 26.6. The van der Waals surface area contributed by atoms with E-state index in [9.17, 15) is 0 Å². The lowest BCUT2D eigenvalue weighted by Crippen LogP contribution is -2.22. The number of hydrogen-bond donors (Lipinski definition) is 0. The smallest absolute Gasteiger partial charge is 0.00184 e. The van der Waals surface area contributed by atoms with Crippen molar-refractivity contribution in [1.82, 2.24) is 4.90 Å². The van der Waals surface area contributed by atoms with E-state index in [1.54, 1.807) is 12.8 Å². The Balaban J connectivity index is 1.52. The fraction of sp³-hybridized carbons (Fsp3) is 1.00. The van der Waals surface area contributed by atoms with Crippen molar-refractivity contribution in [2.45, 2.75) is 50.6 Å². The molecule has 1 saturated carbocycles. The largest absolute Gasteiger partial charge is 0.303 e. The van der Waals surface area contributed by atoms with Gasteiger partial charge in [-0.3, -0.25) is 0 Å². The van der Waals surface area contributed by atoms with E-state index in [1.165, 1.54) is 66.5 Å². The first-order valence-corrected chi connectivity index (χ1v) is 7.69. The molecule has 2 fully saturated rings. The molecule has 0 amide bonds. The molecule has 14 heavy (non-hydrogen) atoms. The predicted molar refractivity (Wildman–Crippen MR) is 65.7 cm³/mol. The minimum Gasteiger partial charge on any atom is -0.303 e. The molecule has 0 N–H and O–H groups in total. The average molecular weight is 213 g/mol. The van der Waals surface area contributed by atoms with Crippen LogP contribution in [0.15, 0.2) is 0 Å². The lowest BCUT2D eigenvalue weighted by atomic mass is 10.0. The molecule has 1 heterocycles. The van der Waals surface area contributed by atoms with E-state index in [0.717, 1.165) is 5.66 Å². The summed E-state index contributed by atoms with van der Waals surface area (Å²) < 4.78 is 0. The summed E-state index contributed by atoms with van der Waals surface area (Å²) in [5.41, 5.74) is 1.12.